The Balaban J connectivity index is 2.14. The SMILES string of the molecule is CCc1nc(CN(C)C(=O)c2ccc(C)[nH]c2=O)cs1. The van der Waals surface area contributed by atoms with Crippen molar-refractivity contribution in [2.75, 3.05) is 7.05 Å². The van der Waals surface area contributed by atoms with E-state index in [4.69, 9.17) is 0 Å². The Morgan fingerprint density at radius 1 is 1.45 bits per heavy atom. The Kier molecular flexibility index (Phi) is 4.34. The number of aryl methyl sites for hydroxylation is 2. The van der Waals surface area contributed by atoms with Crippen molar-refractivity contribution in [1.82, 2.24) is 14.9 Å². The van der Waals surface area contributed by atoms with Crippen molar-refractivity contribution in [2.45, 2.75) is 26.8 Å². The highest BCUT2D eigenvalue weighted by molar-refractivity contribution is 7.09. The predicted octanol–water partition coefficient (Wildman–Crippen LogP) is 1.97. The van der Waals surface area contributed by atoms with E-state index in [1.54, 1.807) is 37.4 Å². The molecule has 0 saturated heterocycles. The van der Waals surface area contributed by atoms with Gasteiger partial charge in [-0.3, -0.25) is 9.59 Å². The average Bonchev–Trinajstić information content (AvgIpc) is 2.85. The number of pyridine rings is 1. The van der Waals surface area contributed by atoms with E-state index < -0.39 is 0 Å². The average molecular weight is 291 g/mol. The van der Waals surface area contributed by atoms with Crippen LogP contribution >= 0.6 is 11.3 Å². The molecule has 0 fully saturated rings. The molecule has 6 heteroatoms. The number of hydrogen-bond donors (Lipinski definition) is 1. The molecular weight excluding hydrogens is 274 g/mol. The van der Waals surface area contributed by atoms with Gasteiger partial charge in [0.2, 0.25) is 0 Å². The number of carbonyl (C=O) groups is 1. The van der Waals surface area contributed by atoms with Gasteiger partial charge in [-0.05, 0) is 25.5 Å². The first-order valence-corrected chi connectivity index (χ1v) is 7.28. The van der Waals surface area contributed by atoms with Crippen molar-refractivity contribution < 1.29 is 4.79 Å². The van der Waals surface area contributed by atoms with Crippen LogP contribution < -0.4 is 5.56 Å². The van der Waals surface area contributed by atoms with Gasteiger partial charge in [0.05, 0.1) is 17.2 Å². The molecule has 2 aromatic rings. The highest BCUT2D eigenvalue weighted by Crippen LogP contribution is 2.12. The van der Waals surface area contributed by atoms with Crippen molar-refractivity contribution in [3.63, 3.8) is 0 Å². The number of carbonyl (C=O) groups excluding carboxylic acids is 1. The summed E-state index contributed by atoms with van der Waals surface area (Å²) >= 11 is 1.59. The first-order chi connectivity index (χ1) is 9.51. The fourth-order valence-corrected chi connectivity index (χ4v) is 2.58. The van der Waals surface area contributed by atoms with Crippen molar-refractivity contribution >= 4 is 17.2 Å². The van der Waals surface area contributed by atoms with Crippen molar-refractivity contribution in [1.29, 1.82) is 0 Å². The van der Waals surface area contributed by atoms with Gasteiger partial charge in [-0.15, -0.1) is 11.3 Å². The standard InChI is InChI=1S/C14H17N3O2S/c1-4-12-16-10(8-20-12)7-17(3)14(19)11-6-5-9(2)15-13(11)18/h5-6,8H,4,7H2,1-3H3,(H,15,18). The summed E-state index contributed by atoms with van der Waals surface area (Å²) in [4.78, 5) is 32.6. The Bertz CT molecular complexity index is 675. The van der Waals surface area contributed by atoms with Crippen LogP contribution in [0.15, 0.2) is 22.3 Å². The molecule has 106 valence electrons. The largest absolute Gasteiger partial charge is 0.336 e. The van der Waals surface area contributed by atoms with E-state index >= 15 is 0 Å². The second kappa shape index (κ2) is 6.00. The minimum absolute atomic E-state index is 0.157. The van der Waals surface area contributed by atoms with Gasteiger partial charge in [-0.1, -0.05) is 6.92 Å². The third-order valence-corrected chi connectivity index (χ3v) is 3.98. The second-order valence-corrected chi connectivity index (χ2v) is 5.57. The molecule has 1 amide bonds. The van der Waals surface area contributed by atoms with E-state index in [2.05, 4.69) is 9.97 Å². The summed E-state index contributed by atoms with van der Waals surface area (Å²) in [5, 5.41) is 3.00. The van der Waals surface area contributed by atoms with Gasteiger partial charge >= 0.3 is 0 Å². The molecule has 0 radical (unpaired) electrons. The van der Waals surface area contributed by atoms with Crippen LogP contribution in [0.2, 0.25) is 0 Å². The lowest BCUT2D eigenvalue weighted by Crippen LogP contribution is -2.31. The zero-order valence-electron chi connectivity index (χ0n) is 11.8. The van der Waals surface area contributed by atoms with E-state index in [0.29, 0.717) is 6.54 Å². The van der Waals surface area contributed by atoms with Crippen LogP contribution in [-0.4, -0.2) is 27.8 Å². The number of H-pyrrole nitrogens is 1. The lowest BCUT2D eigenvalue weighted by Gasteiger charge is -2.15. The predicted molar refractivity (Wildman–Crippen MR) is 79.1 cm³/mol. The van der Waals surface area contributed by atoms with Crippen LogP contribution in [0, 0.1) is 6.92 Å². The van der Waals surface area contributed by atoms with Gasteiger partial charge in [0.1, 0.15) is 5.56 Å². The fourth-order valence-electron chi connectivity index (χ4n) is 1.84. The number of hydrogen-bond acceptors (Lipinski definition) is 4. The zero-order chi connectivity index (χ0) is 14.7. The maximum absolute atomic E-state index is 12.2. The van der Waals surface area contributed by atoms with E-state index in [1.165, 1.54) is 4.90 Å². The highest BCUT2D eigenvalue weighted by atomic mass is 32.1. The van der Waals surface area contributed by atoms with Crippen molar-refractivity contribution in [2.24, 2.45) is 0 Å². The zero-order valence-corrected chi connectivity index (χ0v) is 12.6. The van der Waals surface area contributed by atoms with E-state index in [9.17, 15) is 9.59 Å². The molecule has 1 N–H and O–H groups in total. The molecule has 2 aromatic heterocycles. The number of rotatable bonds is 4. The maximum atomic E-state index is 12.2. The lowest BCUT2D eigenvalue weighted by atomic mass is 10.2. The molecule has 0 atom stereocenters. The van der Waals surface area contributed by atoms with Gasteiger partial charge in [0.25, 0.3) is 11.5 Å². The van der Waals surface area contributed by atoms with E-state index in [1.807, 2.05) is 12.3 Å². The molecule has 0 unspecified atom stereocenters. The van der Waals surface area contributed by atoms with Crippen LogP contribution in [0.25, 0.3) is 0 Å². The number of nitrogens with zero attached hydrogens (tertiary/aromatic N) is 2. The topological polar surface area (TPSA) is 66.1 Å². The van der Waals surface area contributed by atoms with Crippen LogP contribution in [0.3, 0.4) is 0 Å². The molecule has 0 saturated carbocycles. The number of amides is 1. The number of nitrogens with one attached hydrogen (secondary N) is 1. The molecule has 0 bridgehead atoms. The van der Waals surface area contributed by atoms with Gasteiger partial charge in [-0.25, -0.2) is 4.98 Å². The van der Waals surface area contributed by atoms with Gasteiger partial charge in [0.15, 0.2) is 0 Å². The third kappa shape index (κ3) is 3.14. The van der Waals surface area contributed by atoms with Crippen LogP contribution in [0.5, 0.6) is 0 Å². The number of aromatic amines is 1. The Labute approximate surface area is 121 Å². The van der Waals surface area contributed by atoms with Crippen molar-refractivity contribution in [3.05, 3.63) is 49.8 Å². The van der Waals surface area contributed by atoms with Crippen LogP contribution in [-0.2, 0) is 13.0 Å². The second-order valence-electron chi connectivity index (χ2n) is 4.63. The first kappa shape index (κ1) is 14.5. The summed E-state index contributed by atoms with van der Waals surface area (Å²) in [5.41, 5.74) is 1.39. The lowest BCUT2D eigenvalue weighted by molar-refractivity contribution is 0.0782. The smallest absolute Gasteiger partial charge is 0.260 e. The quantitative estimate of drug-likeness (QED) is 0.936. The van der Waals surface area contributed by atoms with Crippen LogP contribution in [0.4, 0.5) is 0 Å². The van der Waals surface area contributed by atoms with Gasteiger partial charge in [0, 0.05) is 18.1 Å². The minimum Gasteiger partial charge on any atom is -0.336 e. The molecule has 0 aliphatic carbocycles. The van der Waals surface area contributed by atoms with Crippen LogP contribution in [0.1, 0.15) is 33.7 Å². The fraction of sp³-hybridized carbons (Fsp3) is 0.357. The monoisotopic (exact) mass is 291 g/mol. The maximum Gasteiger partial charge on any atom is 0.260 e. The van der Waals surface area contributed by atoms with E-state index in [0.717, 1.165) is 22.8 Å². The first-order valence-electron chi connectivity index (χ1n) is 6.40. The number of aromatic nitrogens is 2. The molecule has 0 spiro atoms. The summed E-state index contributed by atoms with van der Waals surface area (Å²) in [6, 6.07) is 3.28. The van der Waals surface area contributed by atoms with E-state index in [-0.39, 0.29) is 17.0 Å². The Morgan fingerprint density at radius 2 is 2.20 bits per heavy atom. The molecule has 0 aliphatic heterocycles. The Hall–Kier alpha value is -1.95. The molecule has 2 heterocycles. The number of thiazole rings is 1. The molecular formula is C14H17N3O2S. The third-order valence-electron chi connectivity index (χ3n) is 2.93. The summed E-state index contributed by atoms with van der Waals surface area (Å²) < 4.78 is 0. The highest BCUT2D eigenvalue weighted by Gasteiger charge is 2.16. The summed E-state index contributed by atoms with van der Waals surface area (Å²) in [6.45, 7) is 4.23. The summed E-state index contributed by atoms with van der Waals surface area (Å²) in [6.07, 6.45) is 0.889. The normalized spacial score (nSPS) is 10.6. The molecule has 5 nitrogen and oxygen atoms in total. The molecule has 2 rings (SSSR count). The molecule has 0 aliphatic rings. The van der Waals surface area contributed by atoms with Gasteiger partial charge < -0.3 is 9.88 Å². The minimum atomic E-state index is -0.352. The molecule has 20 heavy (non-hydrogen) atoms. The summed E-state index contributed by atoms with van der Waals surface area (Å²) in [5.74, 6) is -0.294. The van der Waals surface area contributed by atoms with Gasteiger partial charge in [-0.2, -0.15) is 0 Å². The Morgan fingerprint density at radius 3 is 2.80 bits per heavy atom. The molecule has 0 aromatic carbocycles. The van der Waals surface area contributed by atoms with Crippen molar-refractivity contribution in [3.8, 4) is 0 Å². The summed E-state index contributed by atoms with van der Waals surface area (Å²) in [7, 11) is 1.67.